The molecule has 0 saturated carbocycles. The Morgan fingerprint density at radius 2 is 2.09 bits per heavy atom. The number of amides is 1. The zero-order valence-electron chi connectivity index (χ0n) is 12.5. The summed E-state index contributed by atoms with van der Waals surface area (Å²) in [6.45, 7) is 1.75. The van der Waals surface area contributed by atoms with Crippen LogP contribution in [0.2, 0.25) is 5.02 Å². The topological polar surface area (TPSA) is 79.5 Å². The standard InChI is InChI=1S/C16H16ClNO4S/c1-10-12(16(20)21)8-11(22-10)9-18-15(19)6-7-23-14-5-3-2-4-13(14)17/h2-5,8H,6-7,9H2,1H3,(H,18,19)(H,20,21). The van der Waals surface area contributed by atoms with E-state index in [2.05, 4.69) is 5.32 Å². The number of nitrogens with one attached hydrogen (secondary N) is 1. The van der Waals surface area contributed by atoms with Crippen molar-refractivity contribution in [1.29, 1.82) is 0 Å². The molecule has 122 valence electrons. The van der Waals surface area contributed by atoms with Crippen molar-refractivity contribution < 1.29 is 19.1 Å². The van der Waals surface area contributed by atoms with Gasteiger partial charge in [-0.3, -0.25) is 4.79 Å². The highest BCUT2D eigenvalue weighted by Gasteiger charge is 2.14. The maximum Gasteiger partial charge on any atom is 0.339 e. The van der Waals surface area contributed by atoms with Gasteiger partial charge in [-0.1, -0.05) is 23.7 Å². The second kappa shape index (κ2) is 8.08. The minimum absolute atomic E-state index is 0.114. The van der Waals surface area contributed by atoms with E-state index >= 15 is 0 Å². The van der Waals surface area contributed by atoms with Gasteiger partial charge in [-0.25, -0.2) is 4.79 Å². The Hall–Kier alpha value is -1.92. The number of aromatic carboxylic acids is 1. The summed E-state index contributed by atoms with van der Waals surface area (Å²) in [6.07, 6.45) is 0.335. The molecule has 0 radical (unpaired) electrons. The van der Waals surface area contributed by atoms with E-state index in [1.54, 1.807) is 6.92 Å². The van der Waals surface area contributed by atoms with Crippen LogP contribution in [0.5, 0.6) is 0 Å². The zero-order chi connectivity index (χ0) is 16.8. The number of hydrogen-bond donors (Lipinski definition) is 2. The van der Waals surface area contributed by atoms with Crippen LogP contribution in [0.15, 0.2) is 39.6 Å². The Morgan fingerprint density at radius 1 is 1.35 bits per heavy atom. The van der Waals surface area contributed by atoms with Crippen LogP contribution in [0.1, 0.15) is 28.3 Å². The van der Waals surface area contributed by atoms with Crippen LogP contribution in [0.4, 0.5) is 0 Å². The Morgan fingerprint density at radius 3 is 2.74 bits per heavy atom. The molecule has 0 aliphatic heterocycles. The Balaban J connectivity index is 1.76. The third-order valence-electron chi connectivity index (χ3n) is 3.08. The second-order valence-corrected chi connectivity index (χ2v) is 6.34. The summed E-state index contributed by atoms with van der Waals surface area (Å²) in [5.74, 6) is 0.186. The number of hydrogen-bond acceptors (Lipinski definition) is 4. The number of carbonyl (C=O) groups is 2. The van der Waals surface area contributed by atoms with Crippen LogP contribution < -0.4 is 5.32 Å². The van der Waals surface area contributed by atoms with Gasteiger partial charge in [0.2, 0.25) is 5.91 Å². The van der Waals surface area contributed by atoms with E-state index in [9.17, 15) is 9.59 Å². The maximum atomic E-state index is 11.8. The molecule has 0 bridgehead atoms. The summed E-state index contributed by atoms with van der Waals surface area (Å²) in [5, 5.41) is 12.3. The number of halogens is 1. The smallest absolute Gasteiger partial charge is 0.339 e. The van der Waals surface area contributed by atoms with Crippen molar-refractivity contribution in [3.05, 3.63) is 52.4 Å². The van der Waals surface area contributed by atoms with E-state index in [1.807, 2.05) is 24.3 Å². The van der Waals surface area contributed by atoms with Crippen molar-refractivity contribution in [2.45, 2.75) is 24.8 Å². The van der Waals surface area contributed by atoms with Gasteiger partial charge in [0.1, 0.15) is 17.1 Å². The van der Waals surface area contributed by atoms with Crippen molar-refractivity contribution in [2.75, 3.05) is 5.75 Å². The molecule has 23 heavy (non-hydrogen) atoms. The predicted octanol–water partition coefficient (Wildman–Crippen LogP) is 3.74. The first-order chi connectivity index (χ1) is 11.0. The molecule has 0 fully saturated rings. The number of carboxylic acids is 1. The third kappa shape index (κ3) is 5.04. The van der Waals surface area contributed by atoms with Crippen molar-refractivity contribution in [1.82, 2.24) is 5.32 Å². The summed E-state index contributed by atoms with van der Waals surface area (Å²) in [5.41, 5.74) is 0.114. The Labute approximate surface area is 143 Å². The highest BCUT2D eigenvalue weighted by molar-refractivity contribution is 7.99. The van der Waals surface area contributed by atoms with Gasteiger partial charge in [-0.15, -0.1) is 11.8 Å². The molecule has 1 amide bonds. The molecule has 0 atom stereocenters. The van der Waals surface area contributed by atoms with Crippen molar-refractivity contribution in [2.24, 2.45) is 0 Å². The Bertz CT molecular complexity index is 714. The summed E-state index contributed by atoms with van der Waals surface area (Å²) >= 11 is 7.56. The molecule has 2 N–H and O–H groups in total. The maximum absolute atomic E-state index is 11.8. The lowest BCUT2D eigenvalue weighted by molar-refractivity contribution is -0.120. The van der Waals surface area contributed by atoms with E-state index in [1.165, 1.54) is 17.8 Å². The molecule has 5 nitrogen and oxygen atoms in total. The highest BCUT2D eigenvalue weighted by Crippen LogP contribution is 2.26. The van der Waals surface area contributed by atoms with E-state index in [-0.39, 0.29) is 18.0 Å². The van der Waals surface area contributed by atoms with Crippen molar-refractivity contribution >= 4 is 35.2 Å². The minimum atomic E-state index is -1.04. The number of thioether (sulfide) groups is 1. The fraction of sp³-hybridized carbons (Fsp3) is 0.250. The van der Waals surface area contributed by atoms with E-state index in [0.29, 0.717) is 28.7 Å². The number of carboxylic acid groups (broad SMARTS) is 1. The molecule has 0 aliphatic carbocycles. The molecule has 1 aromatic heterocycles. The molecule has 1 heterocycles. The molecule has 7 heteroatoms. The lowest BCUT2D eigenvalue weighted by atomic mass is 10.2. The number of carbonyl (C=O) groups excluding carboxylic acids is 1. The van der Waals surface area contributed by atoms with E-state index < -0.39 is 5.97 Å². The molecule has 0 unspecified atom stereocenters. The summed E-state index contributed by atoms with van der Waals surface area (Å²) in [6, 6.07) is 8.90. The van der Waals surface area contributed by atoms with Gasteiger partial charge in [-0.2, -0.15) is 0 Å². The number of rotatable bonds is 7. The molecule has 0 saturated heterocycles. The van der Waals surface area contributed by atoms with E-state index in [0.717, 1.165) is 4.90 Å². The third-order valence-corrected chi connectivity index (χ3v) is 4.60. The predicted molar refractivity (Wildman–Crippen MR) is 89.0 cm³/mol. The Kier molecular flexibility index (Phi) is 6.12. The normalized spacial score (nSPS) is 10.5. The monoisotopic (exact) mass is 353 g/mol. The van der Waals surface area contributed by atoms with Crippen LogP contribution in [0, 0.1) is 6.92 Å². The molecule has 0 spiro atoms. The fourth-order valence-corrected chi connectivity index (χ4v) is 3.12. The lowest BCUT2D eigenvalue weighted by Crippen LogP contribution is -2.22. The zero-order valence-corrected chi connectivity index (χ0v) is 14.0. The molecular formula is C16H16ClNO4S. The van der Waals surface area contributed by atoms with Gasteiger partial charge >= 0.3 is 5.97 Å². The van der Waals surface area contributed by atoms with Gasteiger partial charge in [-0.05, 0) is 25.1 Å². The molecule has 2 aromatic rings. The van der Waals surface area contributed by atoms with E-state index in [4.69, 9.17) is 21.1 Å². The molecule has 2 rings (SSSR count). The fourth-order valence-electron chi connectivity index (χ4n) is 1.93. The number of furan rings is 1. The molecular weight excluding hydrogens is 338 g/mol. The van der Waals surface area contributed by atoms with Gasteiger partial charge in [0, 0.05) is 17.1 Å². The highest BCUT2D eigenvalue weighted by atomic mass is 35.5. The first kappa shape index (κ1) is 17.4. The number of aryl methyl sites for hydroxylation is 1. The van der Waals surface area contributed by atoms with Crippen LogP contribution in [0.25, 0.3) is 0 Å². The average molecular weight is 354 g/mol. The van der Waals surface area contributed by atoms with Gasteiger partial charge < -0.3 is 14.8 Å². The first-order valence-corrected chi connectivity index (χ1v) is 8.30. The summed E-state index contributed by atoms with van der Waals surface area (Å²) in [7, 11) is 0. The van der Waals surface area contributed by atoms with Crippen molar-refractivity contribution in [3.8, 4) is 0 Å². The van der Waals surface area contributed by atoms with Crippen molar-refractivity contribution in [3.63, 3.8) is 0 Å². The number of benzene rings is 1. The van der Waals surface area contributed by atoms with Gasteiger partial charge in [0.05, 0.1) is 11.6 Å². The van der Waals surface area contributed by atoms with Gasteiger partial charge in [0.15, 0.2) is 0 Å². The van der Waals surface area contributed by atoms with Crippen LogP contribution >= 0.6 is 23.4 Å². The quantitative estimate of drug-likeness (QED) is 0.741. The molecule has 0 aliphatic rings. The lowest BCUT2D eigenvalue weighted by Gasteiger charge is -2.05. The van der Waals surface area contributed by atoms with Crippen LogP contribution in [-0.4, -0.2) is 22.7 Å². The first-order valence-electron chi connectivity index (χ1n) is 6.94. The minimum Gasteiger partial charge on any atom is -0.478 e. The average Bonchev–Trinajstić information content (AvgIpc) is 2.88. The summed E-state index contributed by atoms with van der Waals surface area (Å²) < 4.78 is 5.30. The van der Waals surface area contributed by atoms with Crippen LogP contribution in [0.3, 0.4) is 0 Å². The molecule has 1 aromatic carbocycles. The van der Waals surface area contributed by atoms with Gasteiger partial charge in [0.25, 0.3) is 0 Å². The van der Waals surface area contributed by atoms with Crippen LogP contribution in [-0.2, 0) is 11.3 Å². The largest absolute Gasteiger partial charge is 0.478 e. The second-order valence-electron chi connectivity index (χ2n) is 4.79. The summed E-state index contributed by atoms with van der Waals surface area (Å²) in [4.78, 5) is 23.7. The SMILES string of the molecule is Cc1oc(CNC(=O)CCSc2ccccc2Cl)cc1C(=O)O.